The number of carbonyl (C=O) groups excluding carboxylic acids is 2. The highest BCUT2D eigenvalue weighted by Gasteiger charge is 1.87. The molecule has 0 spiro atoms. The van der Waals surface area contributed by atoms with E-state index in [0.29, 0.717) is 13.0 Å². The molecule has 0 saturated carbocycles. The molecule has 0 radical (unpaired) electrons. The first kappa shape index (κ1) is 13.5. The number of hydrogen-bond acceptors (Lipinski definition) is 4. The van der Waals surface area contributed by atoms with E-state index in [1.165, 1.54) is 14.0 Å². The molecule has 0 aliphatic carbocycles. The van der Waals surface area contributed by atoms with Crippen LogP contribution in [0.15, 0.2) is 0 Å². The van der Waals surface area contributed by atoms with Crippen molar-refractivity contribution in [3.63, 3.8) is 0 Å². The van der Waals surface area contributed by atoms with Gasteiger partial charge in [-0.15, -0.1) is 0 Å². The van der Waals surface area contributed by atoms with E-state index in [-0.39, 0.29) is 11.9 Å². The van der Waals surface area contributed by atoms with Crippen LogP contribution in [0.4, 0.5) is 0 Å². The van der Waals surface area contributed by atoms with Gasteiger partial charge in [0.2, 0.25) is 0 Å². The van der Waals surface area contributed by atoms with Crippen molar-refractivity contribution in [3.8, 4) is 0 Å². The van der Waals surface area contributed by atoms with Crippen LogP contribution >= 0.6 is 0 Å². The van der Waals surface area contributed by atoms with E-state index < -0.39 is 0 Å². The maximum absolute atomic E-state index is 9.96. The molecular weight excluding hydrogens is 160 g/mol. The van der Waals surface area contributed by atoms with Gasteiger partial charge < -0.3 is 9.47 Å². The van der Waals surface area contributed by atoms with Gasteiger partial charge in [0.05, 0.1) is 13.7 Å². The Kier molecular flexibility index (Phi) is 11.2. The molecular formula is C8H16O4. The molecule has 0 unspecified atom stereocenters. The van der Waals surface area contributed by atoms with Crippen LogP contribution < -0.4 is 0 Å². The first-order chi connectivity index (χ1) is 5.58. The van der Waals surface area contributed by atoms with Crippen LogP contribution in [0, 0.1) is 0 Å². The van der Waals surface area contributed by atoms with Crippen molar-refractivity contribution < 1.29 is 19.1 Å². The van der Waals surface area contributed by atoms with Crippen molar-refractivity contribution in [2.24, 2.45) is 0 Å². The molecule has 0 aromatic rings. The molecule has 0 rings (SSSR count). The maximum Gasteiger partial charge on any atom is 0.305 e. The first-order valence-electron chi connectivity index (χ1n) is 3.78. The van der Waals surface area contributed by atoms with E-state index in [1.807, 2.05) is 0 Å². The summed E-state index contributed by atoms with van der Waals surface area (Å²) in [6, 6.07) is 0. The van der Waals surface area contributed by atoms with Gasteiger partial charge in [-0.05, 0) is 6.92 Å². The number of rotatable bonds is 2. The Labute approximate surface area is 72.8 Å². The van der Waals surface area contributed by atoms with Crippen molar-refractivity contribution >= 4 is 11.9 Å². The maximum atomic E-state index is 9.96. The normalized spacial score (nSPS) is 7.67. The van der Waals surface area contributed by atoms with Gasteiger partial charge in [0.25, 0.3) is 0 Å². The highest BCUT2D eigenvalue weighted by atomic mass is 16.5. The molecule has 72 valence electrons. The van der Waals surface area contributed by atoms with E-state index in [9.17, 15) is 9.59 Å². The molecule has 0 aromatic carbocycles. The Bertz CT molecular complexity index is 125. The molecule has 12 heavy (non-hydrogen) atoms. The average molecular weight is 176 g/mol. The first-order valence-corrected chi connectivity index (χ1v) is 3.78. The van der Waals surface area contributed by atoms with Gasteiger partial charge in [0.1, 0.15) is 0 Å². The lowest BCUT2D eigenvalue weighted by Gasteiger charge is -1.89. The molecule has 0 heterocycles. The summed E-state index contributed by atoms with van der Waals surface area (Å²) >= 11 is 0. The SMILES string of the molecule is CCC(=O)OC.CCOC(C)=O. The molecule has 0 aromatic heterocycles. The largest absolute Gasteiger partial charge is 0.469 e. The fourth-order valence-corrected chi connectivity index (χ4v) is 0.348. The van der Waals surface area contributed by atoms with Gasteiger partial charge >= 0.3 is 11.9 Å². The average Bonchev–Trinajstić information content (AvgIpc) is 2.04. The molecule has 0 fully saturated rings. The fourth-order valence-electron chi connectivity index (χ4n) is 0.348. The topological polar surface area (TPSA) is 52.6 Å². The lowest BCUT2D eigenvalue weighted by Crippen LogP contribution is -1.95. The second-order valence-electron chi connectivity index (χ2n) is 1.85. The predicted octanol–water partition coefficient (Wildman–Crippen LogP) is 1.14. The zero-order chi connectivity index (χ0) is 9.98. The van der Waals surface area contributed by atoms with Gasteiger partial charge in [-0.25, -0.2) is 0 Å². The highest BCUT2D eigenvalue weighted by molar-refractivity contribution is 5.68. The Balaban J connectivity index is 0. The summed E-state index contributed by atoms with van der Waals surface area (Å²) in [6.45, 7) is 5.41. The van der Waals surface area contributed by atoms with Gasteiger partial charge in [-0.1, -0.05) is 6.92 Å². The van der Waals surface area contributed by atoms with E-state index in [0.717, 1.165) is 0 Å². The van der Waals surface area contributed by atoms with Crippen molar-refractivity contribution in [1.29, 1.82) is 0 Å². The summed E-state index contributed by atoms with van der Waals surface area (Å²) in [4.78, 5) is 19.8. The van der Waals surface area contributed by atoms with Crippen molar-refractivity contribution in [1.82, 2.24) is 0 Å². The monoisotopic (exact) mass is 176 g/mol. The number of hydrogen-bond donors (Lipinski definition) is 0. The van der Waals surface area contributed by atoms with Crippen LogP contribution in [0.25, 0.3) is 0 Å². The minimum atomic E-state index is -0.211. The van der Waals surface area contributed by atoms with Gasteiger partial charge in [-0.2, -0.15) is 0 Å². The highest BCUT2D eigenvalue weighted by Crippen LogP contribution is 1.76. The van der Waals surface area contributed by atoms with Gasteiger partial charge in [0, 0.05) is 13.3 Å². The Morgan fingerprint density at radius 2 is 1.75 bits per heavy atom. The lowest BCUT2D eigenvalue weighted by molar-refractivity contribution is -0.141. The summed E-state index contributed by atoms with van der Waals surface area (Å²) in [6.07, 6.45) is 0.469. The molecule has 4 nitrogen and oxygen atoms in total. The van der Waals surface area contributed by atoms with Crippen LogP contribution in [0.3, 0.4) is 0 Å². The molecule has 0 bridgehead atoms. The van der Waals surface area contributed by atoms with Crippen molar-refractivity contribution in [2.45, 2.75) is 27.2 Å². The third-order valence-electron chi connectivity index (χ3n) is 0.864. The molecule has 0 amide bonds. The summed E-state index contributed by atoms with van der Waals surface area (Å²) in [5, 5.41) is 0. The molecule has 0 aliphatic rings. The standard InChI is InChI=1S/2C4H8O2/c1-3-4(5)6-2;1-3-6-4(2)5/h2*3H2,1-2H3. The second-order valence-corrected chi connectivity index (χ2v) is 1.85. The zero-order valence-corrected chi connectivity index (χ0v) is 8.05. The minimum Gasteiger partial charge on any atom is -0.469 e. The fraction of sp³-hybridized carbons (Fsp3) is 0.750. The third kappa shape index (κ3) is 16.0. The van der Waals surface area contributed by atoms with Crippen molar-refractivity contribution in [3.05, 3.63) is 0 Å². The van der Waals surface area contributed by atoms with E-state index in [4.69, 9.17) is 0 Å². The van der Waals surface area contributed by atoms with Gasteiger partial charge in [-0.3, -0.25) is 9.59 Å². The zero-order valence-electron chi connectivity index (χ0n) is 8.05. The molecule has 0 saturated heterocycles. The minimum absolute atomic E-state index is 0.157. The van der Waals surface area contributed by atoms with E-state index in [2.05, 4.69) is 9.47 Å². The summed E-state index contributed by atoms with van der Waals surface area (Å²) in [5.41, 5.74) is 0. The smallest absolute Gasteiger partial charge is 0.305 e. The number of carbonyl (C=O) groups is 2. The quantitative estimate of drug-likeness (QED) is 0.592. The molecule has 4 heteroatoms. The number of methoxy groups -OCH3 is 1. The Hall–Kier alpha value is -1.06. The molecule has 0 N–H and O–H groups in total. The molecule has 0 aliphatic heterocycles. The van der Waals surface area contributed by atoms with Crippen LogP contribution in [-0.4, -0.2) is 25.7 Å². The van der Waals surface area contributed by atoms with Crippen LogP contribution in [0.2, 0.25) is 0 Å². The summed E-state index contributed by atoms with van der Waals surface area (Å²) in [5.74, 6) is -0.368. The van der Waals surface area contributed by atoms with Crippen LogP contribution in [-0.2, 0) is 19.1 Å². The number of ether oxygens (including phenoxy) is 2. The third-order valence-corrected chi connectivity index (χ3v) is 0.864. The number of esters is 2. The van der Waals surface area contributed by atoms with Crippen LogP contribution in [0.1, 0.15) is 27.2 Å². The van der Waals surface area contributed by atoms with Crippen molar-refractivity contribution in [2.75, 3.05) is 13.7 Å². The van der Waals surface area contributed by atoms with Gasteiger partial charge in [0.15, 0.2) is 0 Å². The van der Waals surface area contributed by atoms with E-state index in [1.54, 1.807) is 13.8 Å². The predicted molar refractivity (Wildman–Crippen MR) is 44.6 cm³/mol. The van der Waals surface area contributed by atoms with E-state index >= 15 is 0 Å². The summed E-state index contributed by atoms with van der Waals surface area (Å²) < 4.78 is 8.66. The summed E-state index contributed by atoms with van der Waals surface area (Å²) in [7, 11) is 1.38. The molecule has 0 atom stereocenters. The Morgan fingerprint density at radius 1 is 1.25 bits per heavy atom. The lowest BCUT2D eigenvalue weighted by atomic mass is 10.5. The van der Waals surface area contributed by atoms with Crippen LogP contribution in [0.5, 0.6) is 0 Å². The second kappa shape index (κ2) is 9.94. The Morgan fingerprint density at radius 3 is 1.75 bits per heavy atom.